The minimum atomic E-state index is -0.874. The molecule has 142 valence electrons. The third-order valence-electron chi connectivity index (χ3n) is 5.14. The summed E-state index contributed by atoms with van der Waals surface area (Å²) in [6.45, 7) is 3.79. The van der Waals surface area contributed by atoms with Gasteiger partial charge in [0.25, 0.3) is 0 Å². The second-order valence-electron chi connectivity index (χ2n) is 7.00. The highest BCUT2D eigenvalue weighted by atomic mass is 19.2. The van der Waals surface area contributed by atoms with Crippen molar-refractivity contribution in [3.05, 3.63) is 64.5 Å². The second-order valence-corrected chi connectivity index (χ2v) is 7.00. The van der Waals surface area contributed by atoms with Gasteiger partial charge in [-0.1, -0.05) is 24.0 Å². The molecule has 0 atom stereocenters. The van der Waals surface area contributed by atoms with Gasteiger partial charge in [-0.2, -0.15) is 0 Å². The molecule has 0 spiro atoms. The molecule has 1 aliphatic rings. The van der Waals surface area contributed by atoms with Crippen molar-refractivity contribution in [3.8, 4) is 17.6 Å². The summed E-state index contributed by atoms with van der Waals surface area (Å²) in [5.74, 6) is 4.58. The van der Waals surface area contributed by atoms with Crippen molar-refractivity contribution in [1.82, 2.24) is 0 Å². The molecule has 0 aliphatic heterocycles. The van der Waals surface area contributed by atoms with Crippen LogP contribution in [0.3, 0.4) is 0 Å². The summed E-state index contributed by atoms with van der Waals surface area (Å²) in [4.78, 5) is 0. The van der Waals surface area contributed by atoms with Gasteiger partial charge in [0.2, 0.25) is 0 Å². The first-order chi connectivity index (χ1) is 13.0. The quantitative estimate of drug-likeness (QED) is 0.588. The molecule has 1 nitrogen and oxygen atoms in total. The Bertz CT molecular complexity index is 871. The van der Waals surface area contributed by atoms with Crippen molar-refractivity contribution in [2.45, 2.75) is 45.4 Å². The largest absolute Gasteiger partial charge is 0.491 e. The van der Waals surface area contributed by atoms with Gasteiger partial charge < -0.3 is 4.74 Å². The van der Waals surface area contributed by atoms with Crippen LogP contribution in [-0.4, -0.2) is 6.61 Å². The maximum absolute atomic E-state index is 14.1. The number of benzene rings is 2. The predicted molar refractivity (Wildman–Crippen MR) is 100 cm³/mol. The third-order valence-corrected chi connectivity index (χ3v) is 5.14. The Labute approximate surface area is 158 Å². The van der Waals surface area contributed by atoms with E-state index < -0.39 is 11.6 Å². The maximum atomic E-state index is 14.1. The lowest BCUT2D eigenvalue weighted by molar-refractivity contribution is 0.320. The van der Waals surface area contributed by atoms with Crippen LogP contribution in [-0.2, 0) is 0 Å². The molecule has 0 N–H and O–H groups in total. The molecule has 27 heavy (non-hydrogen) atoms. The van der Waals surface area contributed by atoms with Gasteiger partial charge in [-0.05, 0) is 74.8 Å². The van der Waals surface area contributed by atoms with E-state index >= 15 is 0 Å². The van der Waals surface area contributed by atoms with Crippen LogP contribution < -0.4 is 4.74 Å². The normalized spacial score (nSPS) is 19.3. The lowest BCUT2D eigenvalue weighted by atomic mass is 9.79. The Morgan fingerprint density at radius 3 is 2.41 bits per heavy atom. The lowest BCUT2D eigenvalue weighted by Gasteiger charge is -2.26. The molecule has 4 heteroatoms. The summed E-state index contributed by atoms with van der Waals surface area (Å²) >= 11 is 0. The van der Waals surface area contributed by atoms with Crippen molar-refractivity contribution in [2.75, 3.05) is 6.61 Å². The number of hydrogen-bond donors (Lipinski definition) is 0. The van der Waals surface area contributed by atoms with Crippen molar-refractivity contribution >= 4 is 0 Å². The molecule has 1 aliphatic carbocycles. The number of hydrogen-bond acceptors (Lipinski definition) is 1. The van der Waals surface area contributed by atoms with Crippen LogP contribution in [0.2, 0.25) is 0 Å². The van der Waals surface area contributed by atoms with Gasteiger partial charge >= 0.3 is 0 Å². The van der Waals surface area contributed by atoms with Gasteiger partial charge in [0.05, 0.1) is 12.2 Å². The molecule has 0 heterocycles. The minimum absolute atomic E-state index is 0.105. The van der Waals surface area contributed by atoms with Gasteiger partial charge in [-0.25, -0.2) is 13.2 Å². The zero-order chi connectivity index (χ0) is 19.4. The van der Waals surface area contributed by atoms with E-state index in [1.807, 2.05) is 13.0 Å². The molecule has 0 amide bonds. The Morgan fingerprint density at radius 2 is 1.74 bits per heavy atom. The van der Waals surface area contributed by atoms with Crippen LogP contribution >= 0.6 is 0 Å². The van der Waals surface area contributed by atoms with E-state index in [2.05, 4.69) is 11.8 Å². The lowest BCUT2D eigenvalue weighted by Crippen LogP contribution is -2.12. The Kier molecular flexibility index (Phi) is 6.11. The highest BCUT2D eigenvalue weighted by Crippen LogP contribution is 2.36. The van der Waals surface area contributed by atoms with E-state index in [9.17, 15) is 13.2 Å². The zero-order valence-electron chi connectivity index (χ0n) is 15.6. The van der Waals surface area contributed by atoms with Crippen LogP contribution in [0, 0.1) is 42.1 Å². The van der Waals surface area contributed by atoms with Crippen LogP contribution in [0.25, 0.3) is 0 Å². The third kappa shape index (κ3) is 4.47. The molecule has 0 aromatic heterocycles. The van der Waals surface area contributed by atoms with E-state index in [-0.39, 0.29) is 28.6 Å². The summed E-state index contributed by atoms with van der Waals surface area (Å²) in [5, 5.41) is 0. The minimum Gasteiger partial charge on any atom is -0.491 e. The molecular formula is C23H23F3O. The van der Waals surface area contributed by atoms with Crippen LogP contribution in [0.4, 0.5) is 13.2 Å². The molecule has 2 aromatic carbocycles. The fourth-order valence-electron chi connectivity index (χ4n) is 3.54. The first-order valence-corrected chi connectivity index (χ1v) is 9.38. The fourth-order valence-corrected chi connectivity index (χ4v) is 3.54. The smallest absolute Gasteiger partial charge is 0.174 e. The topological polar surface area (TPSA) is 9.23 Å². The first-order valence-electron chi connectivity index (χ1n) is 9.38. The highest BCUT2D eigenvalue weighted by molar-refractivity contribution is 5.39. The van der Waals surface area contributed by atoms with Gasteiger partial charge in [0.1, 0.15) is 0 Å². The van der Waals surface area contributed by atoms with Crippen LogP contribution in [0.1, 0.15) is 55.2 Å². The van der Waals surface area contributed by atoms with Gasteiger partial charge in [-0.3, -0.25) is 0 Å². The molecule has 0 saturated heterocycles. The summed E-state index contributed by atoms with van der Waals surface area (Å²) in [6.07, 6.45) is 3.53. The molecule has 0 bridgehead atoms. The summed E-state index contributed by atoms with van der Waals surface area (Å²) in [5.41, 5.74) is 1.36. The monoisotopic (exact) mass is 372 g/mol. The van der Waals surface area contributed by atoms with E-state index in [0.29, 0.717) is 12.5 Å². The summed E-state index contributed by atoms with van der Waals surface area (Å²) < 4.78 is 46.8. The standard InChI is InChI=1S/C23H23F3O/c1-3-27-21-13-12-19(14-20(21)24)17-9-5-16(6-10-17)7-11-18-8-4-15(2)22(25)23(18)26/h4,8,12-14,16-17H,3,5-6,9-10H2,1-2H3. The second kappa shape index (κ2) is 8.52. The Hall–Kier alpha value is -2.41. The SMILES string of the molecule is CCOc1ccc(C2CCC(C#Cc3ccc(C)c(F)c3F)CC2)cc1F. The van der Waals surface area contributed by atoms with Gasteiger partial charge in [0, 0.05) is 5.92 Å². The zero-order valence-corrected chi connectivity index (χ0v) is 15.6. The van der Waals surface area contributed by atoms with Crippen molar-refractivity contribution in [1.29, 1.82) is 0 Å². The average molecular weight is 372 g/mol. The summed E-state index contributed by atoms with van der Waals surface area (Å²) in [6, 6.07) is 8.24. The van der Waals surface area contributed by atoms with Crippen LogP contribution in [0.15, 0.2) is 30.3 Å². The van der Waals surface area contributed by atoms with E-state index in [1.165, 1.54) is 13.0 Å². The molecule has 0 unspecified atom stereocenters. The number of halogens is 3. The van der Waals surface area contributed by atoms with Gasteiger partial charge in [-0.15, -0.1) is 0 Å². The van der Waals surface area contributed by atoms with E-state index in [0.717, 1.165) is 31.2 Å². The van der Waals surface area contributed by atoms with E-state index in [4.69, 9.17) is 4.74 Å². The molecule has 1 saturated carbocycles. The highest BCUT2D eigenvalue weighted by Gasteiger charge is 2.22. The van der Waals surface area contributed by atoms with Crippen LogP contribution in [0.5, 0.6) is 5.75 Å². The molecule has 2 aromatic rings. The molecule has 0 radical (unpaired) electrons. The Morgan fingerprint density at radius 1 is 1.00 bits per heavy atom. The first kappa shape index (κ1) is 19.4. The average Bonchev–Trinajstić information content (AvgIpc) is 2.68. The van der Waals surface area contributed by atoms with E-state index in [1.54, 1.807) is 18.2 Å². The summed E-state index contributed by atoms with van der Waals surface area (Å²) in [7, 11) is 0. The molecule has 1 fully saturated rings. The van der Waals surface area contributed by atoms with Gasteiger partial charge in [0.15, 0.2) is 23.2 Å². The number of rotatable bonds is 3. The molecule has 3 rings (SSSR count). The predicted octanol–water partition coefficient (Wildman–Crippen LogP) is 6.14. The van der Waals surface area contributed by atoms with Crippen molar-refractivity contribution in [2.24, 2.45) is 5.92 Å². The molecular weight excluding hydrogens is 349 g/mol. The Balaban J connectivity index is 1.63. The van der Waals surface area contributed by atoms with Crippen molar-refractivity contribution in [3.63, 3.8) is 0 Å². The number of ether oxygens (including phenoxy) is 1. The van der Waals surface area contributed by atoms with Crippen molar-refractivity contribution < 1.29 is 17.9 Å². The maximum Gasteiger partial charge on any atom is 0.174 e. The number of aryl methyl sites for hydroxylation is 1. The fraction of sp³-hybridized carbons (Fsp3) is 0.391.